The van der Waals surface area contributed by atoms with E-state index in [-0.39, 0.29) is 5.82 Å². The second-order valence-electron chi connectivity index (χ2n) is 6.15. The molecule has 3 aromatic rings. The van der Waals surface area contributed by atoms with Crippen LogP contribution in [0.4, 0.5) is 4.39 Å². The standard InChI is InChI=1S/C21H20FN/c1-14(2)20-12-18(17-9-10-19(22)15(3)11-17)13-21(23-20)16-7-5-4-6-8-16/h4-14H,1-3H3. The van der Waals surface area contributed by atoms with Crippen molar-refractivity contribution in [1.82, 2.24) is 4.98 Å². The predicted octanol–water partition coefficient (Wildman–Crippen LogP) is 5.99. The summed E-state index contributed by atoms with van der Waals surface area (Å²) in [5, 5.41) is 0. The second kappa shape index (κ2) is 6.33. The fourth-order valence-corrected chi connectivity index (χ4v) is 2.60. The van der Waals surface area contributed by atoms with Crippen LogP contribution in [-0.4, -0.2) is 4.98 Å². The summed E-state index contributed by atoms with van der Waals surface area (Å²) in [6.07, 6.45) is 0. The highest BCUT2D eigenvalue weighted by Gasteiger charge is 2.10. The number of hydrogen-bond donors (Lipinski definition) is 0. The molecule has 0 aliphatic heterocycles. The van der Waals surface area contributed by atoms with E-state index in [1.54, 1.807) is 6.92 Å². The fraction of sp³-hybridized carbons (Fsp3) is 0.190. The zero-order chi connectivity index (χ0) is 16.4. The van der Waals surface area contributed by atoms with Crippen molar-refractivity contribution in [3.05, 3.63) is 77.7 Å². The van der Waals surface area contributed by atoms with Gasteiger partial charge in [-0.15, -0.1) is 0 Å². The SMILES string of the molecule is Cc1cc(-c2cc(-c3ccccc3)nc(C(C)C)c2)ccc1F. The molecule has 3 rings (SSSR count). The average Bonchev–Trinajstić information content (AvgIpc) is 2.57. The highest BCUT2D eigenvalue weighted by molar-refractivity contribution is 5.71. The van der Waals surface area contributed by atoms with E-state index >= 15 is 0 Å². The molecule has 0 saturated carbocycles. The van der Waals surface area contributed by atoms with Crippen molar-refractivity contribution >= 4 is 0 Å². The number of pyridine rings is 1. The Labute approximate surface area is 136 Å². The number of rotatable bonds is 3. The van der Waals surface area contributed by atoms with E-state index in [2.05, 4.69) is 38.1 Å². The molecule has 116 valence electrons. The first kappa shape index (κ1) is 15.4. The summed E-state index contributed by atoms with van der Waals surface area (Å²) in [7, 11) is 0. The third-order valence-electron chi connectivity index (χ3n) is 4.00. The highest BCUT2D eigenvalue weighted by atomic mass is 19.1. The van der Waals surface area contributed by atoms with Crippen LogP contribution in [0.25, 0.3) is 22.4 Å². The number of aryl methyl sites for hydroxylation is 1. The number of halogens is 1. The van der Waals surface area contributed by atoms with Gasteiger partial charge in [-0.1, -0.05) is 50.2 Å². The van der Waals surface area contributed by atoms with Gasteiger partial charge >= 0.3 is 0 Å². The van der Waals surface area contributed by atoms with Gasteiger partial charge in [-0.05, 0) is 53.8 Å². The van der Waals surface area contributed by atoms with Crippen LogP contribution in [-0.2, 0) is 0 Å². The molecule has 0 atom stereocenters. The van der Waals surface area contributed by atoms with Crippen molar-refractivity contribution < 1.29 is 4.39 Å². The molecule has 1 nitrogen and oxygen atoms in total. The van der Waals surface area contributed by atoms with E-state index in [1.165, 1.54) is 6.07 Å². The molecule has 0 aliphatic rings. The van der Waals surface area contributed by atoms with E-state index < -0.39 is 0 Å². The molecule has 1 heterocycles. The van der Waals surface area contributed by atoms with E-state index in [0.29, 0.717) is 11.5 Å². The van der Waals surface area contributed by atoms with Crippen molar-refractivity contribution in [1.29, 1.82) is 0 Å². The molecule has 0 unspecified atom stereocenters. The van der Waals surface area contributed by atoms with Gasteiger partial charge in [-0.25, -0.2) is 4.39 Å². The molecule has 0 spiro atoms. The lowest BCUT2D eigenvalue weighted by atomic mass is 9.98. The maximum absolute atomic E-state index is 13.6. The Morgan fingerprint density at radius 2 is 1.57 bits per heavy atom. The lowest BCUT2D eigenvalue weighted by molar-refractivity contribution is 0.619. The van der Waals surface area contributed by atoms with Crippen molar-refractivity contribution in [3.63, 3.8) is 0 Å². The Morgan fingerprint density at radius 1 is 0.826 bits per heavy atom. The minimum absolute atomic E-state index is 0.171. The molecule has 0 N–H and O–H groups in total. The second-order valence-corrected chi connectivity index (χ2v) is 6.15. The molecule has 2 aromatic carbocycles. The van der Waals surface area contributed by atoms with E-state index in [4.69, 9.17) is 4.98 Å². The molecule has 0 radical (unpaired) electrons. The first-order valence-electron chi connectivity index (χ1n) is 7.88. The summed E-state index contributed by atoms with van der Waals surface area (Å²) < 4.78 is 13.6. The van der Waals surface area contributed by atoms with Gasteiger partial charge in [0.25, 0.3) is 0 Å². The Hall–Kier alpha value is -2.48. The van der Waals surface area contributed by atoms with E-state index in [0.717, 1.165) is 28.1 Å². The van der Waals surface area contributed by atoms with Crippen molar-refractivity contribution in [2.75, 3.05) is 0 Å². The molecule has 0 saturated heterocycles. The minimum Gasteiger partial charge on any atom is -0.253 e. The number of benzene rings is 2. The van der Waals surface area contributed by atoms with Gasteiger partial charge in [0, 0.05) is 11.3 Å². The molecular formula is C21H20FN. The van der Waals surface area contributed by atoms with Gasteiger partial charge in [0.15, 0.2) is 0 Å². The highest BCUT2D eigenvalue weighted by Crippen LogP contribution is 2.29. The maximum atomic E-state index is 13.6. The lowest BCUT2D eigenvalue weighted by Gasteiger charge is -2.12. The largest absolute Gasteiger partial charge is 0.253 e. The van der Waals surface area contributed by atoms with Crippen LogP contribution in [0.2, 0.25) is 0 Å². The van der Waals surface area contributed by atoms with Crippen molar-refractivity contribution in [3.8, 4) is 22.4 Å². The normalized spacial score (nSPS) is 11.0. The van der Waals surface area contributed by atoms with Crippen LogP contribution in [0.5, 0.6) is 0 Å². The summed E-state index contributed by atoms with van der Waals surface area (Å²) in [6, 6.07) is 19.6. The Morgan fingerprint density at radius 3 is 2.22 bits per heavy atom. The topological polar surface area (TPSA) is 12.9 Å². The summed E-state index contributed by atoms with van der Waals surface area (Å²) in [4.78, 5) is 4.79. The average molecular weight is 305 g/mol. The monoisotopic (exact) mass is 305 g/mol. The fourth-order valence-electron chi connectivity index (χ4n) is 2.60. The number of hydrogen-bond acceptors (Lipinski definition) is 1. The summed E-state index contributed by atoms with van der Waals surface area (Å²) >= 11 is 0. The Balaban J connectivity index is 2.16. The molecule has 0 bridgehead atoms. The van der Waals surface area contributed by atoms with E-state index in [1.807, 2.05) is 30.3 Å². The molecule has 2 heteroatoms. The van der Waals surface area contributed by atoms with Gasteiger partial charge in [0.1, 0.15) is 5.82 Å². The van der Waals surface area contributed by atoms with Crippen LogP contribution in [0.15, 0.2) is 60.7 Å². The first-order valence-corrected chi connectivity index (χ1v) is 7.88. The summed E-state index contributed by atoms with van der Waals surface area (Å²) in [5.74, 6) is 0.161. The third-order valence-corrected chi connectivity index (χ3v) is 4.00. The molecule has 0 aliphatic carbocycles. The molecular weight excluding hydrogens is 285 g/mol. The minimum atomic E-state index is -0.171. The van der Waals surface area contributed by atoms with Gasteiger partial charge in [0.2, 0.25) is 0 Å². The van der Waals surface area contributed by atoms with Gasteiger partial charge in [-0.2, -0.15) is 0 Å². The van der Waals surface area contributed by atoms with Crippen LogP contribution in [0, 0.1) is 12.7 Å². The number of nitrogens with zero attached hydrogens (tertiary/aromatic N) is 1. The molecule has 0 fully saturated rings. The Bertz CT molecular complexity index is 823. The zero-order valence-corrected chi connectivity index (χ0v) is 13.7. The van der Waals surface area contributed by atoms with Crippen LogP contribution >= 0.6 is 0 Å². The smallest absolute Gasteiger partial charge is 0.126 e. The van der Waals surface area contributed by atoms with Crippen LogP contribution in [0.3, 0.4) is 0 Å². The van der Waals surface area contributed by atoms with Crippen LogP contribution < -0.4 is 0 Å². The zero-order valence-electron chi connectivity index (χ0n) is 13.7. The van der Waals surface area contributed by atoms with Gasteiger partial charge in [0.05, 0.1) is 5.69 Å². The lowest BCUT2D eigenvalue weighted by Crippen LogP contribution is -1.96. The summed E-state index contributed by atoms with van der Waals surface area (Å²) in [5.41, 5.74) is 5.84. The van der Waals surface area contributed by atoms with Gasteiger partial charge < -0.3 is 0 Å². The maximum Gasteiger partial charge on any atom is 0.126 e. The van der Waals surface area contributed by atoms with Crippen LogP contribution in [0.1, 0.15) is 31.0 Å². The summed E-state index contributed by atoms with van der Waals surface area (Å²) in [6.45, 7) is 6.06. The predicted molar refractivity (Wildman–Crippen MR) is 93.9 cm³/mol. The van der Waals surface area contributed by atoms with E-state index in [9.17, 15) is 4.39 Å². The first-order chi connectivity index (χ1) is 11.0. The number of aromatic nitrogens is 1. The Kier molecular flexibility index (Phi) is 4.24. The van der Waals surface area contributed by atoms with Crippen molar-refractivity contribution in [2.24, 2.45) is 0 Å². The van der Waals surface area contributed by atoms with Crippen molar-refractivity contribution in [2.45, 2.75) is 26.7 Å². The van der Waals surface area contributed by atoms with Gasteiger partial charge in [-0.3, -0.25) is 4.98 Å². The molecule has 1 aromatic heterocycles. The quantitative estimate of drug-likeness (QED) is 0.579. The molecule has 23 heavy (non-hydrogen) atoms. The molecule has 0 amide bonds. The third kappa shape index (κ3) is 3.31.